The number of nitrogens with one attached hydrogen (secondary N) is 1. The minimum Gasteiger partial charge on any atom is -0.476 e. The van der Waals surface area contributed by atoms with E-state index in [1.165, 1.54) is 11.3 Å². The first-order chi connectivity index (χ1) is 24.6. The van der Waals surface area contributed by atoms with Gasteiger partial charge in [0, 0.05) is 22.1 Å². The average molecular weight is 672 g/mol. The predicted octanol–water partition coefficient (Wildman–Crippen LogP) is 9.34. The van der Waals surface area contributed by atoms with E-state index in [2.05, 4.69) is 46.9 Å². The van der Waals surface area contributed by atoms with Crippen LogP contribution in [0.3, 0.4) is 0 Å². The number of carboxylic acids is 1. The van der Waals surface area contributed by atoms with Crippen molar-refractivity contribution < 1.29 is 14.7 Å². The highest BCUT2D eigenvalue weighted by atomic mass is 32.1. The second kappa shape index (κ2) is 14.4. The van der Waals surface area contributed by atoms with Gasteiger partial charge in [-0.15, -0.1) is 11.3 Å². The van der Waals surface area contributed by atoms with Gasteiger partial charge in [0.25, 0.3) is 0 Å². The van der Waals surface area contributed by atoms with Crippen LogP contribution in [0.4, 0.5) is 5.13 Å². The van der Waals surface area contributed by atoms with E-state index in [1.54, 1.807) is 5.38 Å². The molecule has 244 valence electrons. The van der Waals surface area contributed by atoms with Gasteiger partial charge in [-0.1, -0.05) is 187 Å². The van der Waals surface area contributed by atoms with Crippen LogP contribution in [0.25, 0.3) is 0 Å². The van der Waals surface area contributed by atoms with Crippen molar-refractivity contribution in [3.8, 4) is 0 Å². The molecular weight excluding hydrogens is 639 g/mol. The number of rotatable bonds is 12. The van der Waals surface area contributed by atoms with Gasteiger partial charge in [0.05, 0.1) is 0 Å². The molecule has 0 saturated carbocycles. The summed E-state index contributed by atoms with van der Waals surface area (Å²) in [6, 6.07) is 59.6. The molecular formula is C43H33N3O3S. The number of carbonyl (C=O) groups is 1. The number of carboxylic acid groups (broad SMARTS) is 1. The minimum absolute atomic E-state index is 0.177. The van der Waals surface area contributed by atoms with E-state index in [9.17, 15) is 9.90 Å². The molecule has 0 aliphatic rings. The number of benzene rings is 6. The maximum atomic E-state index is 12.9. The van der Waals surface area contributed by atoms with Crippen LogP contribution in [-0.4, -0.2) is 21.8 Å². The van der Waals surface area contributed by atoms with E-state index in [1.807, 2.05) is 146 Å². The monoisotopic (exact) mass is 671 g/mol. The van der Waals surface area contributed by atoms with Crippen LogP contribution in [0.15, 0.2) is 193 Å². The lowest BCUT2D eigenvalue weighted by Gasteiger charge is -2.36. The zero-order chi connectivity index (χ0) is 34.2. The van der Waals surface area contributed by atoms with Gasteiger partial charge >= 0.3 is 5.97 Å². The summed E-state index contributed by atoms with van der Waals surface area (Å²) in [7, 11) is 0. The van der Waals surface area contributed by atoms with E-state index >= 15 is 0 Å². The van der Waals surface area contributed by atoms with Crippen LogP contribution in [0.2, 0.25) is 0 Å². The van der Waals surface area contributed by atoms with Crippen LogP contribution in [0.5, 0.6) is 0 Å². The Morgan fingerprint density at radius 2 is 0.900 bits per heavy atom. The first-order valence-electron chi connectivity index (χ1n) is 16.2. The fourth-order valence-corrected chi connectivity index (χ4v) is 7.12. The van der Waals surface area contributed by atoms with E-state index in [4.69, 9.17) is 9.82 Å². The third-order valence-electron chi connectivity index (χ3n) is 8.68. The third-order valence-corrected chi connectivity index (χ3v) is 9.44. The number of hydrogen-bond acceptors (Lipinski definition) is 6. The molecule has 1 heterocycles. The Labute approximate surface area is 295 Å². The van der Waals surface area contributed by atoms with Gasteiger partial charge in [-0.05, 0) is 16.7 Å². The van der Waals surface area contributed by atoms with Gasteiger partial charge in [-0.25, -0.2) is 9.78 Å². The summed E-state index contributed by atoms with van der Waals surface area (Å²) in [4.78, 5) is 24.3. The molecule has 7 rings (SSSR count). The van der Waals surface area contributed by atoms with Crippen molar-refractivity contribution in [1.29, 1.82) is 0 Å². The lowest BCUT2D eigenvalue weighted by molar-refractivity contribution is -0.129. The molecule has 0 bridgehead atoms. The summed E-state index contributed by atoms with van der Waals surface area (Å²) in [5, 5.41) is 20.9. The van der Waals surface area contributed by atoms with Crippen molar-refractivity contribution in [1.82, 2.24) is 4.98 Å². The maximum absolute atomic E-state index is 12.9. The van der Waals surface area contributed by atoms with Gasteiger partial charge in [-0.3, -0.25) is 0 Å². The topological polar surface area (TPSA) is 83.8 Å². The van der Waals surface area contributed by atoms with Crippen molar-refractivity contribution in [2.24, 2.45) is 5.16 Å². The Morgan fingerprint density at radius 3 is 1.24 bits per heavy atom. The molecule has 0 atom stereocenters. The van der Waals surface area contributed by atoms with Gasteiger partial charge < -0.3 is 15.3 Å². The zero-order valence-corrected chi connectivity index (χ0v) is 27.8. The standard InChI is InChI=1S/C43H33N3O3S/c47-40(48)39(46-49-43(35-25-13-4-14-26-35,36-27-15-5-16-28-36)37-29-17-6-18-30-37)38-31-50-41(44-38)45-42(32-19-7-1-8-20-32,33-21-9-2-10-22-33)34-23-11-3-12-24-34/h1-31H,(H,44,45)(H,47,48)/b46-39-. The Balaban J connectivity index is 1.34. The number of nitrogens with zero attached hydrogens (tertiary/aromatic N) is 2. The second-order valence-corrected chi connectivity index (χ2v) is 12.5. The van der Waals surface area contributed by atoms with Gasteiger partial charge in [0.1, 0.15) is 11.2 Å². The minimum atomic E-state index is -1.26. The van der Waals surface area contributed by atoms with Crippen molar-refractivity contribution in [3.63, 3.8) is 0 Å². The highest BCUT2D eigenvalue weighted by molar-refractivity contribution is 7.14. The van der Waals surface area contributed by atoms with Gasteiger partial charge in [-0.2, -0.15) is 0 Å². The largest absolute Gasteiger partial charge is 0.476 e. The first kappa shape index (κ1) is 32.2. The molecule has 0 amide bonds. The SMILES string of the molecule is O=C(O)/C(=N\OC(c1ccccc1)(c1ccccc1)c1ccccc1)c1csc(NC(c2ccccc2)(c2ccccc2)c2ccccc2)n1. The number of thiazole rings is 1. The Bertz CT molecular complexity index is 1980. The Hall–Kier alpha value is -6.31. The normalized spacial score (nSPS) is 11.9. The molecule has 6 nitrogen and oxygen atoms in total. The molecule has 0 fully saturated rings. The number of aromatic nitrogens is 1. The van der Waals surface area contributed by atoms with Gasteiger partial charge in [0.2, 0.25) is 11.3 Å². The number of oxime groups is 1. The molecule has 0 radical (unpaired) electrons. The second-order valence-electron chi connectivity index (χ2n) is 11.6. The van der Waals surface area contributed by atoms with Crippen molar-refractivity contribution in [2.45, 2.75) is 11.1 Å². The summed E-state index contributed by atoms with van der Waals surface area (Å²) in [5.74, 6) is -1.26. The molecule has 0 spiro atoms. The number of hydrogen-bond donors (Lipinski definition) is 2. The number of aliphatic carboxylic acids is 1. The van der Waals surface area contributed by atoms with Gasteiger partial charge in [0.15, 0.2) is 5.13 Å². The quantitative estimate of drug-likeness (QED) is 0.0769. The number of anilines is 1. The van der Waals surface area contributed by atoms with Crippen LogP contribution in [0, 0.1) is 0 Å². The van der Waals surface area contributed by atoms with E-state index < -0.39 is 17.1 Å². The van der Waals surface area contributed by atoms with Crippen molar-refractivity contribution >= 4 is 28.1 Å². The van der Waals surface area contributed by atoms with Crippen LogP contribution in [0.1, 0.15) is 39.1 Å². The Morgan fingerprint density at radius 1 is 0.560 bits per heavy atom. The highest BCUT2D eigenvalue weighted by Gasteiger charge is 2.41. The summed E-state index contributed by atoms with van der Waals surface area (Å²) < 4.78 is 0. The molecule has 7 aromatic rings. The molecule has 6 aromatic carbocycles. The van der Waals surface area contributed by atoms with Crippen molar-refractivity contribution in [2.75, 3.05) is 5.32 Å². The van der Waals surface area contributed by atoms with Crippen LogP contribution >= 0.6 is 11.3 Å². The van der Waals surface area contributed by atoms with Crippen LogP contribution in [-0.2, 0) is 20.8 Å². The average Bonchev–Trinajstić information content (AvgIpc) is 3.65. The summed E-state index contributed by atoms with van der Waals surface area (Å²) >= 11 is 1.31. The van der Waals surface area contributed by atoms with Crippen LogP contribution < -0.4 is 5.32 Å². The first-order valence-corrected chi connectivity index (χ1v) is 17.1. The lowest BCUT2D eigenvalue weighted by atomic mass is 9.77. The van der Waals surface area contributed by atoms with E-state index in [0.29, 0.717) is 5.13 Å². The smallest absolute Gasteiger partial charge is 0.360 e. The fraction of sp³-hybridized carbons (Fsp3) is 0.0465. The molecule has 0 aliphatic carbocycles. The van der Waals surface area contributed by atoms with E-state index in [-0.39, 0.29) is 11.4 Å². The molecule has 1 aromatic heterocycles. The highest BCUT2D eigenvalue weighted by Crippen LogP contribution is 2.42. The molecule has 0 unspecified atom stereocenters. The third kappa shape index (κ3) is 6.18. The molecule has 2 N–H and O–H groups in total. The fourth-order valence-electron chi connectivity index (χ4n) is 6.37. The Kier molecular flexibility index (Phi) is 9.31. The molecule has 0 saturated heterocycles. The summed E-state index contributed by atoms with van der Waals surface area (Å²) in [6.07, 6.45) is 0. The molecule has 0 aliphatic heterocycles. The lowest BCUT2D eigenvalue weighted by Crippen LogP contribution is -2.38. The molecule has 7 heteroatoms. The summed E-state index contributed by atoms with van der Waals surface area (Å²) in [5.41, 5.74) is 3.18. The molecule has 50 heavy (non-hydrogen) atoms. The van der Waals surface area contributed by atoms with Crippen molar-refractivity contribution in [3.05, 3.63) is 226 Å². The zero-order valence-electron chi connectivity index (χ0n) is 27.0. The maximum Gasteiger partial charge on any atom is 0.360 e. The van der Waals surface area contributed by atoms with E-state index in [0.717, 1.165) is 33.4 Å². The predicted molar refractivity (Wildman–Crippen MR) is 199 cm³/mol. The summed E-state index contributed by atoms with van der Waals surface area (Å²) in [6.45, 7) is 0.